The van der Waals surface area contributed by atoms with Gasteiger partial charge in [0, 0.05) is 11.1 Å². The van der Waals surface area contributed by atoms with E-state index < -0.39 is 0 Å². The average molecular weight is 305 g/mol. The van der Waals surface area contributed by atoms with E-state index in [4.69, 9.17) is 0 Å². The van der Waals surface area contributed by atoms with Crippen molar-refractivity contribution in [1.82, 2.24) is 19.7 Å². The van der Waals surface area contributed by atoms with Crippen molar-refractivity contribution in [1.29, 1.82) is 0 Å². The van der Waals surface area contributed by atoms with E-state index in [0.29, 0.717) is 0 Å². The van der Waals surface area contributed by atoms with Gasteiger partial charge in [0.15, 0.2) is 0 Å². The molecular weight excluding hydrogens is 290 g/mol. The van der Waals surface area contributed by atoms with E-state index in [1.165, 1.54) is 0 Å². The van der Waals surface area contributed by atoms with Crippen LogP contribution < -0.4 is 5.32 Å². The first-order valence-electron chi connectivity index (χ1n) is 7.38. The lowest BCUT2D eigenvalue weighted by Crippen LogP contribution is -2.23. The van der Waals surface area contributed by atoms with Gasteiger partial charge in [-0.3, -0.25) is 9.89 Å². The third kappa shape index (κ3) is 2.34. The Balaban J connectivity index is 1.60. The van der Waals surface area contributed by atoms with Gasteiger partial charge in [-0.2, -0.15) is 5.10 Å². The highest BCUT2D eigenvalue weighted by Crippen LogP contribution is 2.20. The zero-order valence-corrected chi connectivity index (χ0v) is 12.5. The van der Waals surface area contributed by atoms with Gasteiger partial charge in [-0.25, -0.2) is 4.98 Å². The monoisotopic (exact) mass is 305 g/mol. The minimum absolute atomic E-state index is 0.0907. The zero-order chi connectivity index (χ0) is 15.8. The number of nitrogens with zero attached hydrogens (tertiary/aromatic N) is 3. The average Bonchev–Trinajstić information content (AvgIpc) is 3.20. The molecule has 0 saturated heterocycles. The third-order valence-electron chi connectivity index (χ3n) is 3.99. The summed E-state index contributed by atoms with van der Waals surface area (Å²) in [5.74, 6) is -0.0907. The topological polar surface area (TPSA) is 75.6 Å². The lowest BCUT2D eigenvalue weighted by molar-refractivity contribution is -0.118. The van der Waals surface area contributed by atoms with Gasteiger partial charge in [0.1, 0.15) is 6.04 Å². The molecule has 2 aromatic heterocycles. The van der Waals surface area contributed by atoms with Gasteiger partial charge in [-0.05, 0) is 37.3 Å². The zero-order valence-electron chi connectivity index (χ0n) is 12.5. The molecule has 0 saturated carbocycles. The number of carbonyl (C=O) groups excluding carboxylic acids is 1. The minimum atomic E-state index is -0.361. The fraction of sp³-hybridized carbons (Fsp3) is 0.118. The Labute approximate surface area is 132 Å². The van der Waals surface area contributed by atoms with E-state index in [0.717, 1.165) is 27.6 Å². The van der Waals surface area contributed by atoms with Crippen molar-refractivity contribution < 1.29 is 4.79 Å². The molecule has 23 heavy (non-hydrogen) atoms. The quantitative estimate of drug-likeness (QED) is 0.610. The van der Waals surface area contributed by atoms with Crippen LogP contribution in [0.15, 0.2) is 55.0 Å². The van der Waals surface area contributed by atoms with Crippen LogP contribution in [0, 0.1) is 0 Å². The van der Waals surface area contributed by atoms with Crippen molar-refractivity contribution in [3.05, 3.63) is 55.0 Å². The molecule has 6 heteroatoms. The van der Waals surface area contributed by atoms with E-state index in [-0.39, 0.29) is 11.9 Å². The molecule has 6 nitrogen and oxygen atoms in total. The molecule has 1 amide bonds. The summed E-state index contributed by atoms with van der Waals surface area (Å²) in [6.45, 7) is 1.86. The van der Waals surface area contributed by atoms with Crippen LogP contribution in [0.2, 0.25) is 0 Å². The van der Waals surface area contributed by atoms with Gasteiger partial charge < -0.3 is 9.88 Å². The van der Waals surface area contributed by atoms with E-state index in [1.807, 2.05) is 54.0 Å². The number of para-hydroxylation sites is 2. The van der Waals surface area contributed by atoms with Crippen LogP contribution >= 0.6 is 0 Å². The summed E-state index contributed by atoms with van der Waals surface area (Å²) in [5.41, 5.74) is 3.46. The molecule has 1 atom stereocenters. The van der Waals surface area contributed by atoms with Crippen molar-refractivity contribution >= 4 is 33.5 Å². The van der Waals surface area contributed by atoms with Gasteiger partial charge >= 0.3 is 0 Å². The van der Waals surface area contributed by atoms with Crippen molar-refractivity contribution in [3.63, 3.8) is 0 Å². The number of H-pyrrole nitrogens is 1. The maximum atomic E-state index is 12.5. The summed E-state index contributed by atoms with van der Waals surface area (Å²) in [5, 5.41) is 10.8. The number of hydrogen-bond acceptors (Lipinski definition) is 3. The number of nitrogens with one attached hydrogen (secondary N) is 2. The summed E-state index contributed by atoms with van der Waals surface area (Å²) < 4.78 is 1.87. The standard InChI is InChI=1S/C17H15N5O/c1-11(22-10-18-14-4-2-3-5-16(14)22)17(23)20-13-7-6-12-9-19-21-15(12)8-13/h2-11H,1H3,(H,19,21)(H,20,23)/t11-/m1/s1. The number of aromatic nitrogens is 4. The Hall–Kier alpha value is -3.15. The van der Waals surface area contributed by atoms with Crippen molar-refractivity contribution in [2.24, 2.45) is 0 Å². The van der Waals surface area contributed by atoms with Crippen LogP contribution in [0.3, 0.4) is 0 Å². The van der Waals surface area contributed by atoms with Crippen LogP contribution in [-0.2, 0) is 4.79 Å². The number of imidazole rings is 1. The highest BCUT2D eigenvalue weighted by Gasteiger charge is 2.17. The number of amides is 1. The molecule has 2 N–H and O–H groups in total. The fourth-order valence-electron chi connectivity index (χ4n) is 2.67. The maximum absolute atomic E-state index is 12.5. The van der Waals surface area contributed by atoms with Gasteiger partial charge in [0.05, 0.1) is 29.1 Å². The van der Waals surface area contributed by atoms with Crippen LogP contribution in [-0.4, -0.2) is 25.7 Å². The SMILES string of the molecule is C[C@H](C(=O)Nc1ccc2cn[nH]c2c1)n1cnc2ccccc21. The first kappa shape index (κ1) is 13.5. The first-order chi connectivity index (χ1) is 11.2. The molecule has 0 unspecified atom stereocenters. The van der Waals surface area contributed by atoms with E-state index in [2.05, 4.69) is 20.5 Å². The molecule has 4 aromatic rings. The van der Waals surface area contributed by atoms with Crippen LogP contribution in [0.25, 0.3) is 21.9 Å². The predicted molar refractivity (Wildman–Crippen MR) is 89.2 cm³/mol. The molecule has 114 valence electrons. The highest BCUT2D eigenvalue weighted by atomic mass is 16.2. The Bertz CT molecular complexity index is 1000. The van der Waals surface area contributed by atoms with Gasteiger partial charge in [-0.15, -0.1) is 0 Å². The third-order valence-corrected chi connectivity index (χ3v) is 3.99. The molecular formula is C17H15N5O. The van der Waals surface area contributed by atoms with Crippen molar-refractivity contribution in [2.45, 2.75) is 13.0 Å². The fourth-order valence-corrected chi connectivity index (χ4v) is 2.67. The lowest BCUT2D eigenvalue weighted by atomic mass is 10.2. The Morgan fingerprint density at radius 3 is 3.04 bits per heavy atom. The molecule has 0 radical (unpaired) electrons. The predicted octanol–water partition coefficient (Wildman–Crippen LogP) is 3.11. The normalized spacial score (nSPS) is 12.6. The molecule has 0 bridgehead atoms. The summed E-state index contributed by atoms with van der Waals surface area (Å²) in [4.78, 5) is 16.9. The number of anilines is 1. The largest absolute Gasteiger partial charge is 0.324 e. The number of aromatic amines is 1. The second kappa shape index (κ2) is 5.24. The molecule has 0 spiro atoms. The van der Waals surface area contributed by atoms with Crippen LogP contribution in [0.4, 0.5) is 5.69 Å². The Morgan fingerprint density at radius 1 is 1.26 bits per heavy atom. The Kier molecular flexibility index (Phi) is 3.08. The van der Waals surface area contributed by atoms with Gasteiger partial charge in [0.2, 0.25) is 5.91 Å². The molecule has 0 aliphatic carbocycles. The molecule has 4 rings (SSSR count). The molecule has 2 aromatic carbocycles. The number of carbonyl (C=O) groups is 1. The van der Waals surface area contributed by atoms with E-state index in [9.17, 15) is 4.79 Å². The number of fused-ring (bicyclic) bond motifs is 2. The number of rotatable bonds is 3. The van der Waals surface area contributed by atoms with Crippen LogP contribution in [0.5, 0.6) is 0 Å². The van der Waals surface area contributed by atoms with Gasteiger partial charge in [-0.1, -0.05) is 12.1 Å². The smallest absolute Gasteiger partial charge is 0.247 e. The number of benzene rings is 2. The van der Waals surface area contributed by atoms with E-state index >= 15 is 0 Å². The number of hydrogen-bond donors (Lipinski definition) is 2. The molecule has 0 aliphatic heterocycles. The van der Waals surface area contributed by atoms with Crippen LogP contribution in [0.1, 0.15) is 13.0 Å². The van der Waals surface area contributed by atoms with E-state index in [1.54, 1.807) is 12.5 Å². The summed E-state index contributed by atoms with van der Waals surface area (Å²) >= 11 is 0. The lowest BCUT2D eigenvalue weighted by Gasteiger charge is -2.14. The summed E-state index contributed by atoms with van der Waals surface area (Å²) in [6.07, 6.45) is 3.45. The molecule has 2 heterocycles. The van der Waals surface area contributed by atoms with Crippen molar-refractivity contribution in [3.8, 4) is 0 Å². The highest BCUT2D eigenvalue weighted by molar-refractivity contribution is 5.96. The Morgan fingerprint density at radius 2 is 2.13 bits per heavy atom. The summed E-state index contributed by atoms with van der Waals surface area (Å²) in [7, 11) is 0. The second-order valence-electron chi connectivity index (χ2n) is 5.48. The summed E-state index contributed by atoms with van der Waals surface area (Å²) in [6, 6.07) is 13.1. The minimum Gasteiger partial charge on any atom is -0.324 e. The maximum Gasteiger partial charge on any atom is 0.247 e. The van der Waals surface area contributed by atoms with Gasteiger partial charge in [0.25, 0.3) is 0 Å². The van der Waals surface area contributed by atoms with Crippen molar-refractivity contribution in [2.75, 3.05) is 5.32 Å². The first-order valence-corrected chi connectivity index (χ1v) is 7.38. The second-order valence-corrected chi connectivity index (χ2v) is 5.48. The molecule has 0 fully saturated rings. The molecule has 0 aliphatic rings.